The predicted molar refractivity (Wildman–Crippen MR) is 136 cm³/mol. The van der Waals surface area contributed by atoms with Gasteiger partial charge in [-0.15, -0.1) is 0 Å². The van der Waals surface area contributed by atoms with Gasteiger partial charge in [-0.2, -0.15) is 0 Å². The van der Waals surface area contributed by atoms with Crippen LogP contribution in [0, 0.1) is 5.92 Å². The average Bonchev–Trinajstić information content (AvgIpc) is 2.79. The van der Waals surface area contributed by atoms with Crippen molar-refractivity contribution in [1.29, 1.82) is 0 Å². The van der Waals surface area contributed by atoms with Gasteiger partial charge in [0, 0.05) is 32.6 Å². The quantitative estimate of drug-likeness (QED) is 0.0788. The number of unbranched alkanes of at least 4 members (excludes halogenated alkanes) is 8. The third-order valence-corrected chi connectivity index (χ3v) is 5.97. The second-order valence-electron chi connectivity index (χ2n) is 9.62. The summed E-state index contributed by atoms with van der Waals surface area (Å²) < 4.78 is 0. The molecule has 0 aromatic heterocycles. The van der Waals surface area contributed by atoms with E-state index < -0.39 is 36.0 Å². The standard InChI is InChI=1S/C25H45N3O9/c1-18(2)12-10-8-6-4-3-5-7-9-11-13-19(29)28(16-14-26-20(22(30)31)23(32)33)17-15-27-21(24(34)35)25(36)37/h18,20-21,26-27H,3-17H2,1-2H3,(H,30,31)(H,32,33)(H,34,35)(H,36,37). The molecule has 0 atom stereocenters. The Morgan fingerprint density at radius 3 is 1.30 bits per heavy atom. The molecule has 0 aliphatic carbocycles. The molecule has 12 heteroatoms. The maximum Gasteiger partial charge on any atom is 0.332 e. The molecule has 1 amide bonds. The summed E-state index contributed by atoms with van der Waals surface area (Å²) in [6.07, 6.45) is 11.3. The summed E-state index contributed by atoms with van der Waals surface area (Å²) in [5, 5.41) is 40.5. The molecule has 214 valence electrons. The van der Waals surface area contributed by atoms with Crippen LogP contribution in [-0.2, 0) is 24.0 Å². The molecule has 0 saturated carbocycles. The third-order valence-electron chi connectivity index (χ3n) is 5.97. The number of carbonyl (C=O) groups is 5. The Morgan fingerprint density at radius 1 is 0.595 bits per heavy atom. The fourth-order valence-corrected chi connectivity index (χ4v) is 3.83. The lowest BCUT2D eigenvalue weighted by Crippen LogP contribution is -2.49. The zero-order valence-corrected chi connectivity index (χ0v) is 22.1. The van der Waals surface area contributed by atoms with E-state index in [4.69, 9.17) is 20.4 Å². The zero-order valence-electron chi connectivity index (χ0n) is 22.1. The summed E-state index contributed by atoms with van der Waals surface area (Å²) in [5.41, 5.74) is 0. The molecule has 6 N–H and O–H groups in total. The lowest BCUT2D eigenvalue weighted by molar-refractivity contribution is -0.152. The molecule has 0 bridgehead atoms. The molecule has 0 fully saturated rings. The van der Waals surface area contributed by atoms with Crippen LogP contribution in [0.15, 0.2) is 0 Å². The first-order valence-corrected chi connectivity index (χ1v) is 13.1. The Bertz CT molecular complexity index is 650. The third kappa shape index (κ3) is 17.4. The molecule has 12 nitrogen and oxygen atoms in total. The fourth-order valence-electron chi connectivity index (χ4n) is 3.83. The number of carboxylic acid groups (broad SMARTS) is 4. The maximum atomic E-state index is 12.7. The summed E-state index contributed by atoms with van der Waals surface area (Å²) in [6, 6.07) is -3.65. The normalized spacial score (nSPS) is 11.3. The van der Waals surface area contributed by atoms with Crippen molar-refractivity contribution < 1.29 is 44.4 Å². The van der Waals surface area contributed by atoms with Crippen molar-refractivity contribution in [3.05, 3.63) is 0 Å². The van der Waals surface area contributed by atoms with E-state index in [9.17, 15) is 24.0 Å². The highest BCUT2D eigenvalue weighted by Gasteiger charge is 2.27. The number of hydrogen-bond donors (Lipinski definition) is 6. The van der Waals surface area contributed by atoms with Crippen LogP contribution in [0.5, 0.6) is 0 Å². The van der Waals surface area contributed by atoms with Gasteiger partial charge in [-0.25, -0.2) is 19.2 Å². The fraction of sp³-hybridized carbons (Fsp3) is 0.800. The van der Waals surface area contributed by atoms with Crippen LogP contribution in [0.25, 0.3) is 0 Å². The Morgan fingerprint density at radius 2 is 0.946 bits per heavy atom. The molecule has 0 aliphatic heterocycles. The number of nitrogens with one attached hydrogen (secondary N) is 2. The Kier molecular flexibility index (Phi) is 18.8. The zero-order chi connectivity index (χ0) is 28.2. The predicted octanol–water partition coefficient (Wildman–Crippen LogP) is 2.02. The Balaban J connectivity index is 4.51. The molecule has 0 aliphatic rings. The van der Waals surface area contributed by atoms with E-state index in [0.717, 1.165) is 25.2 Å². The van der Waals surface area contributed by atoms with E-state index in [2.05, 4.69) is 24.5 Å². The molecule has 0 spiro atoms. The maximum absolute atomic E-state index is 12.7. The van der Waals surface area contributed by atoms with E-state index in [1.165, 1.54) is 43.4 Å². The molecule has 0 unspecified atom stereocenters. The number of hydrogen-bond acceptors (Lipinski definition) is 7. The minimum Gasteiger partial charge on any atom is -0.480 e. The van der Waals surface area contributed by atoms with Crippen LogP contribution in [0.3, 0.4) is 0 Å². The molecule has 0 saturated heterocycles. The number of aliphatic carboxylic acids is 4. The summed E-state index contributed by atoms with van der Waals surface area (Å²) in [4.78, 5) is 58.1. The number of amides is 1. The first-order chi connectivity index (χ1) is 17.5. The van der Waals surface area contributed by atoms with Gasteiger partial charge in [0.1, 0.15) is 0 Å². The summed E-state index contributed by atoms with van der Waals surface area (Å²) in [6.45, 7) is 4.21. The molecule has 0 rings (SSSR count). The van der Waals surface area contributed by atoms with Crippen molar-refractivity contribution in [3.8, 4) is 0 Å². The van der Waals surface area contributed by atoms with Crippen molar-refractivity contribution >= 4 is 29.8 Å². The molecule has 0 aromatic rings. The van der Waals surface area contributed by atoms with Crippen molar-refractivity contribution in [1.82, 2.24) is 15.5 Å². The minimum absolute atomic E-state index is 0.0147. The van der Waals surface area contributed by atoms with Crippen LogP contribution >= 0.6 is 0 Å². The Hall–Kier alpha value is -2.73. The van der Waals surface area contributed by atoms with Gasteiger partial charge in [0.05, 0.1) is 0 Å². The number of rotatable bonds is 24. The lowest BCUT2D eigenvalue weighted by Gasteiger charge is -2.24. The first-order valence-electron chi connectivity index (χ1n) is 13.1. The van der Waals surface area contributed by atoms with Crippen LogP contribution in [0.2, 0.25) is 0 Å². The number of carboxylic acids is 4. The van der Waals surface area contributed by atoms with E-state index >= 15 is 0 Å². The van der Waals surface area contributed by atoms with Crippen LogP contribution in [-0.4, -0.2) is 93.4 Å². The second kappa shape index (κ2) is 20.3. The topological polar surface area (TPSA) is 194 Å². The van der Waals surface area contributed by atoms with Gasteiger partial charge >= 0.3 is 23.9 Å². The van der Waals surface area contributed by atoms with E-state index in [0.29, 0.717) is 6.42 Å². The van der Waals surface area contributed by atoms with Gasteiger partial charge in [0.2, 0.25) is 18.0 Å². The first kappa shape index (κ1) is 34.3. The van der Waals surface area contributed by atoms with Gasteiger partial charge in [-0.3, -0.25) is 15.4 Å². The number of nitrogens with zero attached hydrogens (tertiary/aromatic N) is 1. The summed E-state index contributed by atoms with van der Waals surface area (Å²) in [7, 11) is 0. The average molecular weight is 532 g/mol. The van der Waals surface area contributed by atoms with E-state index in [1.807, 2.05) is 0 Å². The summed E-state index contributed by atoms with van der Waals surface area (Å²) in [5.74, 6) is -5.74. The van der Waals surface area contributed by atoms with Crippen LogP contribution in [0.1, 0.15) is 84.5 Å². The van der Waals surface area contributed by atoms with Crippen molar-refractivity contribution in [2.45, 2.75) is 96.6 Å². The van der Waals surface area contributed by atoms with Gasteiger partial charge in [-0.05, 0) is 12.3 Å². The smallest absolute Gasteiger partial charge is 0.332 e. The van der Waals surface area contributed by atoms with Gasteiger partial charge < -0.3 is 25.3 Å². The highest BCUT2D eigenvalue weighted by Crippen LogP contribution is 2.13. The molecule has 37 heavy (non-hydrogen) atoms. The second-order valence-corrected chi connectivity index (χ2v) is 9.62. The van der Waals surface area contributed by atoms with E-state index in [-0.39, 0.29) is 38.5 Å². The SMILES string of the molecule is CC(C)CCCCCCCCCCCC(=O)N(CCNC(C(=O)O)C(=O)O)CCNC(C(=O)O)C(=O)O. The van der Waals surface area contributed by atoms with Crippen LogP contribution < -0.4 is 10.6 Å². The van der Waals surface area contributed by atoms with Gasteiger partial charge in [0.15, 0.2) is 0 Å². The highest BCUT2D eigenvalue weighted by atomic mass is 16.4. The van der Waals surface area contributed by atoms with Crippen molar-refractivity contribution in [2.75, 3.05) is 26.2 Å². The van der Waals surface area contributed by atoms with Crippen molar-refractivity contribution in [3.63, 3.8) is 0 Å². The minimum atomic E-state index is -1.83. The number of carbonyl (C=O) groups excluding carboxylic acids is 1. The largest absolute Gasteiger partial charge is 0.480 e. The molecule has 0 radical (unpaired) electrons. The molecule has 0 heterocycles. The van der Waals surface area contributed by atoms with Crippen molar-refractivity contribution in [2.24, 2.45) is 5.92 Å². The molecular formula is C25H45N3O9. The highest BCUT2D eigenvalue weighted by molar-refractivity contribution is 5.97. The molecular weight excluding hydrogens is 486 g/mol. The molecule has 0 aromatic carbocycles. The van der Waals surface area contributed by atoms with Crippen LogP contribution in [0.4, 0.5) is 0 Å². The monoisotopic (exact) mass is 531 g/mol. The van der Waals surface area contributed by atoms with Gasteiger partial charge in [-0.1, -0.05) is 71.6 Å². The lowest BCUT2D eigenvalue weighted by atomic mass is 10.0. The summed E-state index contributed by atoms with van der Waals surface area (Å²) >= 11 is 0. The van der Waals surface area contributed by atoms with Gasteiger partial charge in [0.25, 0.3) is 0 Å². The van der Waals surface area contributed by atoms with E-state index in [1.54, 1.807) is 0 Å². The Labute approximate surface area is 218 Å².